The minimum Gasteiger partial charge on any atom is -0.443 e. The number of amides is 5. The first-order valence-corrected chi connectivity index (χ1v) is 17.2. The van der Waals surface area contributed by atoms with Crippen LogP contribution in [0.5, 0.6) is 0 Å². The summed E-state index contributed by atoms with van der Waals surface area (Å²) in [5.41, 5.74) is 5.41. The third-order valence-electron chi connectivity index (χ3n) is 8.47. The molecule has 3 N–H and O–H groups in total. The molecule has 2 fully saturated rings. The number of nitrogens with two attached hydrogens (primary N) is 1. The number of nitrogens with zero attached hydrogens (tertiary/aromatic N) is 3. The fraction of sp³-hybridized carbons (Fsp3) is 0.613. The summed E-state index contributed by atoms with van der Waals surface area (Å²) >= 11 is 6.00. The number of urea groups is 1. The predicted octanol–water partition coefficient (Wildman–Crippen LogP) is 4.13. The van der Waals surface area contributed by atoms with Crippen LogP contribution in [0.1, 0.15) is 77.7 Å². The average Bonchev–Trinajstić information content (AvgIpc) is 3.41. The molecule has 248 valence electrons. The summed E-state index contributed by atoms with van der Waals surface area (Å²) < 4.78 is 34.8. The Bertz CT molecular complexity index is 1430. The van der Waals surface area contributed by atoms with E-state index in [0.29, 0.717) is 42.0 Å². The van der Waals surface area contributed by atoms with Crippen molar-refractivity contribution in [3.63, 3.8) is 0 Å². The molecule has 0 bridgehead atoms. The molecule has 45 heavy (non-hydrogen) atoms. The van der Waals surface area contributed by atoms with Crippen molar-refractivity contribution in [2.75, 3.05) is 13.6 Å². The summed E-state index contributed by atoms with van der Waals surface area (Å²) in [5.74, 6) is -1.65. The highest BCUT2D eigenvalue weighted by atomic mass is 35.5. The number of allylic oxidation sites excluding steroid dienone is 1. The van der Waals surface area contributed by atoms with E-state index >= 15 is 0 Å². The van der Waals surface area contributed by atoms with Gasteiger partial charge in [-0.15, -0.1) is 0 Å². The molecule has 14 heteroatoms. The minimum absolute atomic E-state index is 0.0803. The Balaban J connectivity index is 1.64. The highest BCUT2D eigenvalue weighted by Crippen LogP contribution is 2.50. The van der Waals surface area contributed by atoms with Crippen molar-refractivity contribution in [2.45, 2.75) is 101 Å². The van der Waals surface area contributed by atoms with Crippen LogP contribution in [0.15, 0.2) is 36.4 Å². The smallest absolute Gasteiger partial charge is 0.419 e. The van der Waals surface area contributed by atoms with E-state index in [1.807, 2.05) is 12.2 Å². The highest BCUT2D eigenvalue weighted by Gasteiger charge is 2.65. The summed E-state index contributed by atoms with van der Waals surface area (Å²) in [6.45, 7) is 5.20. The molecule has 4 unspecified atom stereocenters. The van der Waals surface area contributed by atoms with Gasteiger partial charge < -0.3 is 20.7 Å². The molecule has 0 spiro atoms. The molecule has 2 heterocycles. The first-order chi connectivity index (χ1) is 21.1. The summed E-state index contributed by atoms with van der Waals surface area (Å²) in [6.07, 6.45) is 6.45. The number of halogens is 1. The van der Waals surface area contributed by atoms with Gasteiger partial charge in [-0.05, 0) is 77.0 Å². The van der Waals surface area contributed by atoms with Crippen LogP contribution in [-0.2, 0) is 30.9 Å². The van der Waals surface area contributed by atoms with E-state index in [2.05, 4.69) is 5.32 Å². The zero-order chi connectivity index (χ0) is 33.2. The molecule has 1 aromatic carbocycles. The standard InChI is InChI=1S/C31H44ClN5O7S/c1-30(2,3)44-29(41)37(28(33)40)25-12-9-7-5-6-8-11-22-19-31(22,34-26(38)24-13-10-18-36(24)27(25)39)45(42,43)35(4)20-21-14-16-23(32)17-15-21/h8,11,14-17,22,24-25H,5-7,9-10,12-13,18-20H2,1-4H3,(H2,33,40)(H,34,38)/b11-8-. The molecular formula is C31H44ClN5O7S. The van der Waals surface area contributed by atoms with Gasteiger partial charge in [0.25, 0.3) is 0 Å². The van der Waals surface area contributed by atoms with Crippen molar-refractivity contribution in [1.82, 2.24) is 19.4 Å². The number of carbonyl (C=O) groups is 4. The van der Waals surface area contributed by atoms with Crippen LogP contribution < -0.4 is 11.1 Å². The van der Waals surface area contributed by atoms with Crippen LogP contribution in [0.2, 0.25) is 5.02 Å². The van der Waals surface area contributed by atoms with Crippen LogP contribution in [0.3, 0.4) is 0 Å². The van der Waals surface area contributed by atoms with Gasteiger partial charge in [-0.1, -0.05) is 48.7 Å². The second-order valence-corrected chi connectivity index (χ2v) is 15.8. The van der Waals surface area contributed by atoms with E-state index < -0.39 is 62.4 Å². The summed E-state index contributed by atoms with van der Waals surface area (Å²) in [6, 6.07) is 3.47. The number of hydrogen-bond donors (Lipinski definition) is 2. The first kappa shape index (κ1) is 34.7. The Labute approximate surface area is 270 Å². The van der Waals surface area contributed by atoms with Crippen LogP contribution in [0.25, 0.3) is 0 Å². The van der Waals surface area contributed by atoms with Gasteiger partial charge in [0.05, 0.1) is 0 Å². The Hall–Kier alpha value is -3.16. The molecular weight excluding hydrogens is 622 g/mol. The number of hydrogen-bond acceptors (Lipinski definition) is 7. The van der Waals surface area contributed by atoms with E-state index in [9.17, 15) is 27.6 Å². The summed E-state index contributed by atoms with van der Waals surface area (Å²) in [7, 11) is -2.59. The van der Waals surface area contributed by atoms with Gasteiger partial charge in [-0.2, -0.15) is 4.31 Å². The van der Waals surface area contributed by atoms with Crippen molar-refractivity contribution < 1.29 is 32.3 Å². The number of sulfonamides is 1. The SMILES string of the molecule is CN(Cc1ccc(Cl)cc1)S(=O)(=O)C12CC1/C=C\CCCCCC(N(C(N)=O)C(=O)OC(C)(C)C)C(=O)N1CCCC1C(=O)N2. The van der Waals surface area contributed by atoms with Gasteiger partial charge in [0.1, 0.15) is 17.7 Å². The molecule has 0 radical (unpaired) electrons. The number of rotatable bonds is 5. The average molecular weight is 666 g/mol. The van der Waals surface area contributed by atoms with E-state index in [4.69, 9.17) is 22.1 Å². The number of ether oxygens (including phenoxy) is 1. The highest BCUT2D eigenvalue weighted by molar-refractivity contribution is 7.90. The van der Waals surface area contributed by atoms with Gasteiger partial charge in [0, 0.05) is 31.1 Å². The van der Waals surface area contributed by atoms with Crippen LogP contribution in [-0.4, -0.2) is 82.6 Å². The van der Waals surface area contributed by atoms with Crippen LogP contribution in [0.4, 0.5) is 9.59 Å². The number of carbonyl (C=O) groups excluding carboxylic acids is 4. The van der Waals surface area contributed by atoms with Crippen molar-refractivity contribution in [2.24, 2.45) is 11.7 Å². The van der Waals surface area contributed by atoms with Gasteiger partial charge in [0.2, 0.25) is 21.8 Å². The van der Waals surface area contributed by atoms with Crippen molar-refractivity contribution in [3.05, 3.63) is 47.0 Å². The topological polar surface area (TPSA) is 159 Å². The van der Waals surface area contributed by atoms with E-state index in [-0.39, 0.29) is 25.9 Å². The Morgan fingerprint density at radius 1 is 1.11 bits per heavy atom. The number of fused-ring (bicyclic) bond motifs is 2. The predicted molar refractivity (Wildman–Crippen MR) is 169 cm³/mol. The zero-order valence-electron chi connectivity index (χ0n) is 26.3. The monoisotopic (exact) mass is 665 g/mol. The van der Waals surface area contributed by atoms with Crippen molar-refractivity contribution >= 4 is 45.6 Å². The molecule has 1 aromatic rings. The third kappa shape index (κ3) is 7.81. The molecule has 2 aliphatic heterocycles. The Morgan fingerprint density at radius 2 is 1.80 bits per heavy atom. The zero-order valence-corrected chi connectivity index (χ0v) is 27.9. The molecule has 5 amide bonds. The van der Waals surface area contributed by atoms with E-state index in [0.717, 1.165) is 12.0 Å². The largest absolute Gasteiger partial charge is 0.443 e. The van der Waals surface area contributed by atoms with Crippen molar-refractivity contribution in [3.8, 4) is 0 Å². The fourth-order valence-corrected chi connectivity index (χ4v) is 8.16. The molecule has 0 aromatic heterocycles. The summed E-state index contributed by atoms with van der Waals surface area (Å²) in [4.78, 5) is 54.0. The van der Waals surface area contributed by atoms with Crippen molar-refractivity contribution in [1.29, 1.82) is 0 Å². The number of imide groups is 1. The van der Waals surface area contributed by atoms with Gasteiger partial charge in [0.15, 0.2) is 4.87 Å². The second-order valence-electron chi connectivity index (χ2n) is 13.0. The maximum Gasteiger partial charge on any atom is 0.419 e. The molecule has 1 saturated heterocycles. The quantitative estimate of drug-likeness (QED) is 0.447. The van der Waals surface area contributed by atoms with Gasteiger partial charge in [-0.25, -0.2) is 22.9 Å². The van der Waals surface area contributed by atoms with E-state index in [1.54, 1.807) is 45.0 Å². The third-order valence-corrected chi connectivity index (χ3v) is 11.2. The van der Waals surface area contributed by atoms with Gasteiger partial charge >= 0.3 is 12.1 Å². The van der Waals surface area contributed by atoms with E-state index in [1.165, 1.54) is 16.3 Å². The molecule has 3 aliphatic rings. The van der Waals surface area contributed by atoms with Crippen LogP contribution >= 0.6 is 11.6 Å². The molecule has 1 saturated carbocycles. The second kappa shape index (κ2) is 13.7. The number of nitrogens with one attached hydrogen (secondary N) is 1. The lowest BCUT2D eigenvalue weighted by molar-refractivity contribution is -0.142. The van der Waals surface area contributed by atoms with Gasteiger partial charge in [-0.3, -0.25) is 9.59 Å². The first-order valence-electron chi connectivity index (χ1n) is 15.4. The molecule has 4 atom stereocenters. The number of primary amides is 1. The number of benzene rings is 1. The minimum atomic E-state index is -4.06. The lowest BCUT2D eigenvalue weighted by Crippen LogP contribution is -2.59. The maximum atomic E-state index is 14.1. The van der Waals surface area contributed by atoms with Crippen LogP contribution in [0, 0.1) is 5.92 Å². The fourth-order valence-electron chi connectivity index (χ4n) is 6.07. The molecule has 4 rings (SSSR count). The summed E-state index contributed by atoms with van der Waals surface area (Å²) in [5, 5.41) is 3.37. The normalized spacial score (nSPS) is 27.0. The maximum absolute atomic E-state index is 14.1. The lowest BCUT2D eigenvalue weighted by Gasteiger charge is -2.34. The molecule has 1 aliphatic carbocycles. The Morgan fingerprint density at radius 3 is 2.44 bits per heavy atom. The lowest BCUT2D eigenvalue weighted by atomic mass is 10.0. The molecule has 12 nitrogen and oxygen atoms in total. The Kier molecular flexibility index (Phi) is 10.6.